The molecule has 1 rings (SSSR count). The van der Waals surface area contributed by atoms with E-state index >= 15 is 0 Å². The summed E-state index contributed by atoms with van der Waals surface area (Å²) in [5, 5.41) is 0.590. The summed E-state index contributed by atoms with van der Waals surface area (Å²) in [6.45, 7) is 6.88. The lowest BCUT2D eigenvalue weighted by molar-refractivity contribution is -0.130. The van der Waals surface area contributed by atoms with Crippen LogP contribution in [0.3, 0.4) is 0 Å². The molecular weight excluding hydrogens is 158 g/mol. The normalized spacial score (nSPS) is 32.1. The van der Waals surface area contributed by atoms with E-state index in [0.29, 0.717) is 11.3 Å². The van der Waals surface area contributed by atoms with Gasteiger partial charge in [0.25, 0.3) is 0 Å². The van der Waals surface area contributed by atoms with Gasteiger partial charge in [0, 0.05) is 30.5 Å². The summed E-state index contributed by atoms with van der Waals surface area (Å²) in [4.78, 5) is 13.0. The van der Waals surface area contributed by atoms with E-state index in [1.807, 2.05) is 16.7 Å². The first-order chi connectivity index (χ1) is 5.13. The summed E-state index contributed by atoms with van der Waals surface area (Å²) in [7, 11) is 0. The quantitative estimate of drug-likeness (QED) is 0.551. The second-order valence-electron chi connectivity index (χ2n) is 3.03. The SMILES string of the molecule is CC(=O)N1CCSC(C)C1C. The molecule has 0 aromatic rings. The molecule has 1 aliphatic rings. The van der Waals surface area contributed by atoms with Crippen LogP contribution in [0, 0.1) is 0 Å². The first-order valence-electron chi connectivity index (χ1n) is 4.01. The number of thioether (sulfide) groups is 1. The lowest BCUT2D eigenvalue weighted by Crippen LogP contribution is -2.46. The Balaban J connectivity index is 2.58. The van der Waals surface area contributed by atoms with Gasteiger partial charge in [0.15, 0.2) is 0 Å². The van der Waals surface area contributed by atoms with Crippen molar-refractivity contribution in [3.63, 3.8) is 0 Å². The third kappa shape index (κ3) is 1.89. The van der Waals surface area contributed by atoms with Gasteiger partial charge in [-0.05, 0) is 6.92 Å². The highest BCUT2D eigenvalue weighted by molar-refractivity contribution is 8.00. The Morgan fingerprint density at radius 1 is 1.55 bits per heavy atom. The zero-order valence-electron chi connectivity index (χ0n) is 7.33. The second-order valence-corrected chi connectivity index (χ2v) is 4.51. The Morgan fingerprint density at radius 2 is 2.18 bits per heavy atom. The van der Waals surface area contributed by atoms with Crippen LogP contribution in [0.15, 0.2) is 0 Å². The molecule has 0 aliphatic carbocycles. The van der Waals surface area contributed by atoms with Gasteiger partial charge >= 0.3 is 0 Å². The van der Waals surface area contributed by atoms with E-state index in [4.69, 9.17) is 0 Å². The maximum atomic E-state index is 11.1. The fourth-order valence-electron chi connectivity index (χ4n) is 1.38. The first kappa shape index (κ1) is 8.91. The Kier molecular flexibility index (Phi) is 2.82. The van der Waals surface area contributed by atoms with E-state index in [2.05, 4.69) is 13.8 Å². The molecule has 64 valence electrons. The van der Waals surface area contributed by atoms with E-state index in [-0.39, 0.29) is 5.91 Å². The summed E-state index contributed by atoms with van der Waals surface area (Å²) in [6.07, 6.45) is 0. The molecule has 1 saturated heterocycles. The van der Waals surface area contributed by atoms with Crippen molar-refractivity contribution in [1.29, 1.82) is 0 Å². The van der Waals surface area contributed by atoms with Crippen molar-refractivity contribution in [2.45, 2.75) is 32.1 Å². The zero-order chi connectivity index (χ0) is 8.43. The second kappa shape index (κ2) is 3.48. The molecule has 0 saturated carbocycles. The number of rotatable bonds is 0. The minimum Gasteiger partial charge on any atom is -0.338 e. The van der Waals surface area contributed by atoms with Crippen LogP contribution in [0.2, 0.25) is 0 Å². The van der Waals surface area contributed by atoms with E-state index in [0.717, 1.165) is 12.3 Å². The monoisotopic (exact) mass is 173 g/mol. The fourth-order valence-corrected chi connectivity index (χ4v) is 2.48. The summed E-state index contributed by atoms with van der Waals surface area (Å²) in [5.74, 6) is 1.30. The van der Waals surface area contributed by atoms with Gasteiger partial charge in [-0.15, -0.1) is 0 Å². The van der Waals surface area contributed by atoms with Gasteiger partial charge in [-0.3, -0.25) is 4.79 Å². The van der Waals surface area contributed by atoms with E-state index < -0.39 is 0 Å². The van der Waals surface area contributed by atoms with Gasteiger partial charge in [0.2, 0.25) is 5.91 Å². The molecule has 0 aromatic heterocycles. The van der Waals surface area contributed by atoms with Gasteiger partial charge in [0.1, 0.15) is 0 Å². The molecule has 0 spiro atoms. The van der Waals surface area contributed by atoms with Crippen LogP contribution in [0.5, 0.6) is 0 Å². The van der Waals surface area contributed by atoms with Crippen molar-refractivity contribution >= 4 is 17.7 Å². The molecule has 2 nitrogen and oxygen atoms in total. The van der Waals surface area contributed by atoms with Gasteiger partial charge in [-0.25, -0.2) is 0 Å². The van der Waals surface area contributed by atoms with Crippen molar-refractivity contribution in [1.82, 2.24) is 4.90 Å². The van der Waals surface area contributed by atoms with Gasteiger partial charge in [-0.1, -0.05) is 6.92 Å². The molecule has 0 aromatic carbocycles. The highest BCUT2D eigenvalue weighted by Crippen LogP contribution is 2.23. The number of hydrogen-bond acceptors (Lipinski definition) is 2. The lowest BCUT2D eigenvalue weighted by Gasteiger charge is -2.36. The van der Waals surface area contributed by atoms with E-state index in [9.17, 15) is 4.79 Å². The lowest BCUT2D eigenvalue weighted by atomic mass is 10.2. The van der Waals surface area contributed by atoms with Crippen molar-refractivity contribution in [3.8, 4) is 0 Å². The fraction of sp³-hybridized carbons (Fsp3) is 0.875. The van der Waals surface area contributed by atoms with Gasteiger partial charge < -0.3 is 4.90 Å². The Labute approximate surface area is 72.3 Å². The first-order valence-corrected chi connectivity index (χ1v) is 5.06. The maximum absolute atomic E-state index is 11.1. The highest BCUT2D eigenvalue weighted by atomic mass is 32.2. The smallest absolute Gasteiger partial charge is 0.219 e. The van der Waals surface area contributed by atoms with Crippen LogP contribution in [0.25, 0.3) is 0 Å². The predicted octanol–water partition coefficient (Wildman–Crippen LogP) is 1.36. The van der Waals surface area contributed by atoms with Crippen LogP contribution < -0.4 is 0 Å². The van der Waals surface area contributed by atoms with Crippen molar-refractivity contribution < 1.29 is 4.79 Å². The van der Waals surface area contributed by atoms with Crippen LogP contribution in [-0.2, 0) is 4.79 Å². The summed E-state index contributed by atoms with van der Waals surface area (Å²) < 4.78 is 0. The van der Waals surface area contributed by atoms with Crippen LogP contribution in [-0.4, -0.2) is 34.4 Å². The molecule has 0 radical (unpaired) electrons. The molecule has 1 heterocycles. The Morgan fingerprint density at radius 3 is 2.64 bits per heavy atom. The molecular formula is C8H15NOS. The summed E-state index contributed by atoms with van der Waals surface area (Å²) in [6, 6.07) is 0.409. The molecule has 0 N–H and O–H groups in total. The van der Waals surface area contributed by atoms with Crippen LogP contribution in [0.4, 0.5) is 0 Å². The molecule has 2 unspecified atom stereocenters. The molecule has 2 atom stereocenters. The predicted molar refractivity (Wildman–Crippen MR) is 48.8 cm³/mol. The number of carbonyl (C=O) groups is 1. The zero-order valence-corrected chi connectivity index (χ0v) is 8.15. The van der Waals surface area contributed by atoms with Crippen LogP contribution >= 0.6 is 11.8 Å². The van der Waals surface area contributed by atoms with Crippen LogP contribution in [0.1, 0.15) is 20.8 Å². The van der Waals surface area contributed by atoms with Gasteiger partial charge in [0.05, 0.1) is 0 Å². The largest absolute Gasteiger partial charge is 0.338 e. The maximum Gasteiger partial charge on any atom is 0.219 e. The van der Waals surface area contributed by atoms with Crippen molar-refractivity contribution in [2.24, 2.45) is 0 Å². The number of hydrogen-bond donors (Lipinski definition) is 0. The minimum absolute atomic E-state index is 0.213. The van der Waals surface area contributed by atoms with Crippen molar-refractivity contribution in [2.75, 3.05) is 12.3 Å². The number of amides is 1. The highest BCUT2D eigenvalue weighted by Gasteiger charge is 2.26. The Hall–Kier alpha value is -0.180. The standard InChI is InChI=1S/C8H15NOS/c1-6-7(2)11-5-4-9(6)8(3)10/h6-7H,4-5H2,1-3H3. The topological polar surface area (TPSA) is 20.3 Å². The van der Waals surface area contributed by atoms with E-state index in [1.54, 1.807) is 6.92 Å². The van der Waals surface area contributed by atoms with Crippen molar-refractivity contribution in [3.05, 3.63) is 0 Å². The molecule has 1 aliphatic heterocycles. The average molecular weight is 173 g/mol. The molecule has 11 heavy (non-hydrogen) atoms. The molecule has 3 heteroatoms. The van der Waals surface area contributed by atoms with Gasteiger partial charge in [-0.2, -0.15) is 11.8 Å². The summed E-state index contributed by atoms with van der Waals surface area (Å²) in [5.41, 5.74) is 0. The third-order valence-corrected chi connectivity index (χ3v) is 3.63. The molecule has 1 fully saturated rings. The molecule has 0 bridgehead atoms. The Bertz CT molecular complexity index is 160. The summed E-state index contributed by atoms with van der Waals surface area (Å²) >= 11 is 1.95. The third-order valence-electron chi connectivity index (χ3n) is 2.29. The van der Waals surface area contributed by atoms with E-state index in [1.165, 1.54) is 0 Å². The average Bonchev–Trinajstić information content (AvgIpc) is 1.94. The number of carbonyl (C=O) groups excluding carboxylic acids is 1. The number of nitrogens with zero attached hydrogens (tertiary/aromatic N) is 1. The molecule has 1 amide bonds. The minimum atomic E-state index is 0.213.